The highest BCUT2D eigenvalue weighted by molar-refractivity contribution is 8.02. The van der Waals surface area contributed by atoms with Crippen molar-refractivity contribution in [1.82, 2.24) is 0 Å². The zero-order chi connectivity index (χ0) is 7.40. The third kappa shape index (κ3) is 2.13. The Kier molecular flexibility index (Phi) is 2.92. The summed E-state index contributed by atoms with van der Waals surface area (Å²) in [5.74, 6) is 0. The standard InChI is InChI=1S/C6H10N2OS/c1-9-4-5-2-3-10-6(7)8-5/h2-3,6H,4,7H2,1H3/t6-/m0/s1. The van der Waals surface area contributed by atoms with Crippen LogP contribution in [0.5, 0.6) is 0 Å². The fourth-order valence-electron chi connectivity index (χ4n) is 0.668. The van der Waals surface area contributed by atoms with Gasteiger partial charge in [-0.3, -0.25) is 4.99 Å². The molecule has 0 aromatic carbocycles. The molecule has 4 heteroatoms. The second kappa shape index (κ2) is 3.75. The van der Waals surface area contributed by atoms with Gasteiger partial charge in [0.05, 0.1) is 12.3 Å². The van der Waals surface area contributed by atoms with Crippen LogP contribution in [-0.4, -0.2) is 24.9 Å². The summed E-state index contributed by atoms with van der Waals surface area (Å²) in [6.45, 7) is 0.546. The minimum atomic E-state index is -0.143. The smallest absolute Gasteiger partial charge is 0.148 e. The first-order valence-electron chi connectivity index (χ1n) is 2.96. The van der Waals surface area contributed by atoms with Crippen LogP contribution in [0, 0.1) is 0 Å². The molecule has 1 rings (SSSR count). The van der Waals surface area contributed by atoms with E-state index in [0.29, 0.717) is 6.61 Å². The maximum atomic E-state index is 5.52. The first kappa shape index (κ1) is 7.78. The van der Waals surface area contributed by atoms with Gasteiger partial charge < -0.3 is 10.5 Å². The molecule has 0 amide bonds. The van der Waals surface area contributed by atoms with E-state index in [0.717, 1.165) is 5.71 Å². The number of thioether (sulfide) groups is 1. The zero-order valence-corrected chi connectivity index (χ0v) is 6.60. The molecule has 0 saturated carbocycles. The Morgan fingerprint density at radius 1 is 1.90 bits per heavy atom. The summed E-state index contributed by atoms with van der Waals surface area (Å²) < 4.78 is 4.88. The fourth-order valence-corrected chi connectivity index (χ4v) is 1.26. The Balaban J connectivity index is 2.49. The molecule has 2 N–H and O–H groups in total. The van der Waals surface area contributed by atoms with E-state index >= 15 is 0 Å². The molecule has 1 atom stereocenters. The van der Waals surface area contributed by atoms with Gasteiger partial charge in [0.2, 0.25) is 0 Å². The van der Waals surface area contributed by atoms with Crippen molar-refractivity contribution in [3.63, 3.8) is 0 Å². The van der Waals surface area contributed by atoms with Crippen molar-refractivity contribution in [1.29, 1.82) is 0 Å². The average Bonchev–Trinajstić information content (AvgIpc) is 1.88. The van der Waals surface area contributed by atoms with E-state index < -0.39 is 0 Å². The van der Waals surface area contributed by atoms with Crippen LogP contribution in [0.2, 0.25) is 0 Å². The summed E-state index contributed by atoms with van der Waals surface area (Å²) in [5.41, 5.74) is 6.29. The largest absolute Gasteiger partial charge is 0.378 e. The Labute approximate surface area is 64.3 Å². The van der Waals surface area contributed by atoms with Crippen molar-refractivity contribution in [2.24, 2.45) is 10.7 Å². The van der Waals surface area contributed by atoms with Crippen LogP contribution >= 0.6 is 11.8 Å². The molecule has 56 valence electrons. The van der Waals surface area contributed by atoms with Gasteiger partial charge in [0.15, 0.2) is 0 Å². The molecular formula is C6H10N2OS. The van der Waals surface area contributed by atoms with Gasteiger partial charge in [-0.15, -0.1) is 0 Å². The van der Waals surface area contributed by atoms with Crippen molar-refractivity contribution >= 4 is 17.5 Å². The minimum Gasteiger partial charge on any atom is -0.378 e. The summed E-state index contributed by atoms with van der Waals surface area (Å²) in [5, 5.41) is 1.94. The Morgan fingerprint density at radius 2 is 2.70 bits per heavy atom. The molecule has 0 unspecified atom stereocenters. The summed E-state index contributed by atoms with van der Waals surface area (Å²) in [7, 11) is 1.64. The van der Waals surface area contributed by atoms with Gasteiger partial charge in [-0.2, -0.15) is 0 Å². The average molecular weight is 158 g/mol. The van der Waals surface area contributed by atoms with Crippen molar-refractivity contribution in [3.8, 4) is 0 Å². The predicted octanol–water partition coefficient (Wildman–Crippen LogP) is 0.577. The Bertz CT molecular complexity index is 167. The molecule has 0 saturated heterocycles. The summed E-state index contributed by atoms with van der Waals surface area (Å²) in [4.78, 5) is 4.12. The summed E-state index contributed by atoms with van der Waals surface area (Å²) >= 11 is 1.50. The van der Waals surface area contributed by atoms with Crippen LogP contribution in [-0.2, 0) is 4.74 Å². The zero-order valence-electron chi connectivity index (χ0n) is 5.78. The summed E-state index contributed by atoms with van der Waals surface area (Å²) in [6.07, 6.45) is 1.91. The van der Waals surface area contributed by atoms with Gasteiger partial charge in [0.1, 0.15) is 5.50 Å². The van der Waals surface area contributed by atoms with Crippen molar-refractivity contribution in [2.75, 3.05) is 13.7 Å². The molecule has 0 bridgehead atoms. The van der Waals surface area contributed by atoms with E-state index in [1.807, 2.05) is 11.5 Å². The fraction of sp³-hybridized carbons (Fsp3) is 0.500. The van der Waals surface area contributed by atoms with E-state index in [-0.39, 0.29) is 5.50 Å². The quantitative estimate of drug-likeness (QED) is 0.639. The molecule has 3 nitrogen and oxygen atoms in total. The van der Waals surface area contributed by atoms with Crippen LogP contribution in [0.15, 0.2) is 16.5 Å². The molecule has 0 aliphatic carbocycles. The highest BCUT2D eigenvalue weighted by Crippen LogP contribution is 2.13. The first-order valence-corrected chi connectivity index (χ1v) is 3.90. The third-order valence-electron chi connectivity index (χ3n) is 1.06. The number of methoxy groups -OCH3 is 1. The van der Waals surface area contributed by atoms with E-state index in [1.165, 1.54) is 11.8 Å². The molecule has 1 aliphatic heterocycles. The van der Waals surface area contributed by atoms with Crippen molar-refractivity contribution in [2.45, 2.75) is 5.50 Å². The molecule has 0 fully saturated rings. The Hall–Kier alpha value is -0.320. The topological polar surface area (TPSA) is 47.6 Å². The second-order valence-electron chi connectivity index (χ2n) is 1.88. The SMILES string of the molecule is COCC1=N[C@H](N)SC=C1. The lowest BCUT2D eigenvalue weighted by Gasteiger charge is -2.09. The number of nitrogens with two attached hydrogens (primary N) is 1. The lowest BCUT2D eigenvalue weighted by atomic mass is 10.4. The van der Waals surface area contributed by atoms with Crippen molar-refractivity contribution < 1.29 is 4.74 Å². The van der Waals surface area contributed by atoms with Gasteiger partial charge in [-0.05, 0) is 11.5 Å². The van der Waals surface area contributed by atoms with E-state index in [4.69, 9.17) is 10.5 Å². The van der Waals surface area contributed by atoms with Gasteiger partial charge >= 0.3 is 0 Å². The Morgan fingerprint density at radius 3 is 3.30 bits per heavy atom. The maximum Gasteiger partial charge on any atom is 0.148 e. The monoisotopic (exact) mass is 158 g/mol. The van der Waals surface area contributed by atoms with E-state index in [9.17, 15) is 0 Å². The van der Waals surface area contributed by atoms with Crippen LogP contribution in [0.25, 0.3) is 0 Å². The number of hydrogen-bond donors (Lipinski definition) is 1. The van der Waals surface area contributed by atoms with Crippen LogP contribution in [0.4, 0.5) is 0 Å². The lowest BCUT2D eigenvalue weighted by Crippen LogP contribution is -2.18. The normalized spacial score (nSPS) is 24.6. The number of ether oxygens (including phenoxy) is 1. The molecular weight excluding hydrogens is 148 g/mol. The van der Waals surface area contributed by atoms with Gasteiger partial charge in [0, 0.05) is 7.11 Å². The minimum absolute atomic E-state index is 0.143. The lowest BCUT2D eigenvalue weighted by molar-refractivity contribution is 0.245. The highest BCUT2D eigenvalue weighted by Gasteiger charge is 2.04. The first-order chi connectivity index (χ1) is 4.83. The van der Waals surface area contributed by atoms with Crippen LogP contribution in [0.3, 0.4) is 0 Å². The second-order valence-corrected chi connectivity index (χ2v) is 2.91. The van der Waals surface area contributed by atoms with Gasteiger partial charge in [-0.25, -0.2) is 0 Å². The van der Waals surface area contributed by atoms with E-state index in [2.05, 4.69) is 4.99 Å². The third-order valence-corrected chi connectivity index (χ3v) is 1.74. The van der Waals surface area contributed by atoms with Crippen LogP contribution < -0.4 is 5.73 Å². The molecule has 1 heterocycles. The maximum absolute atomic E-state index is 5.52. The molecule has 0 spiro atoms. The summed E-state index contributed by atoms with van der Waals surface area (Å²) in [6, 6.07) is 0. The van der Waals surface area contributed by atoms with Crippen molar-refractivity contribution in [3.05, 3.63) is 11.5 Å². The molecule has 1 aliphatic rings. The number of rotatable bonds is 2. The number of hydrogen-bond acceptors (Lipinski definition) is 4. The highest BCUT2D eigenvalue weighted by atomic mass is 32.2. The van der Waals surface area contributed by atoms with Crippen LogP contribution in [0.1, 0.15) is 0 Å². The number of nitrogens with zero attached hydrogens (tertiary/aromatic N) is 1. The molecule has 0 aromatic heterocycles. The molecule has 10 heavy (non-hydrogen) atoms. The molecule has 0 aromatic rings. The van der Waals surface area contributed by atoms with Gasteiger partial charge in [0.25, 0.3) is 0 Å². The number of aliphatic imine (C=N–C) groups is 1. The predicted molar refractivity (Wildman–Crippen MR) is 44.0 cm³/mol. The molecule has 0 radical (unpaired) electrons. The van der Waals surface area contributed by atoms with Gasteiger partial charge in [-0.1, -0.05) is 11.8 Å². The van der Waals surface area contributed by atoms with E-state index in [1.54, 1.807) is 7.11 Å².